The quantitative estimate of drug-likeness (QED) is 0.658. The van der Waals surface area contributed by atoms with Crippen LogP contribution in [0.3, 0.4) is 0 Å². The van der Waals surface area contributed by atoms with Crippen molar-refractivity contribution < 1.29 is 9.72 Å². The molecular weight excluding hydrogens is 258 g/mol. The molecule has 0 radical (unpaired) electrons. The summed E-state index contributed by atoms with van der Waals surface area (Å²) in [7, 11) is 0. The monoisotopic (exact) mass is 271 g/mol. The van der Waals surface area contributed by atoms with Crippen LogP contribution in [0.15, 0.2) is 54.6 Å². The number of nitro benzene ring substituents is 1. The third kappa shape index (κ3) is 3.18. The first-order valence-electron chi connectivity index (χ1n) is 5.94. The molecule has 2 rings (SSSR count). The van der Waals surface area contributed by atoms with E-state index in [-0.39, 0.29) is 5.69 Å². The zero-order chi connectivity index (χ0) is 14.5. The summed E-state index contributed by atoms with van der Waals surface area (Å²) in [5.41, 5.74) is 6.77. The predicted molar refractivity (Wildman–Crippen MR) is 75.1 cm³/mol. The van der Waals surface area contributed by atoms with Crippen molar-refractivity contribution in [3.05, 3.63) is 70.3 Å². The molecule has 0 aliphatic carbocycles. The van der Waals surface area contributed by atoms with E-state index in [2.05, 4.69) is 5.32 Å². The summed E-state index contributed by atoms with van der Waals surface area (Å²) in [6.45, 7) is 0. The van der Waals surface area contributed by atoms with E-state index in [0.717, 1.165) is 0 Å². The summed E-state index contributed by atoms with van der Waals surface area (Å²) >= 11 is 0. The maximum atomic E-state index is 12.0. The van der Waals surface area contributed by atoms with Gasteiger partial charge in [0, 0.05) is 17.8 Å². The second-order valence-corrected chi connectivity index (χ2v) is 4.19. The highest BCUT2D eigenvalue weighted by atomic mass is 16.6. The average molecular weight is 271 g/mol. The van der Waals surface area contributed by atoms with E-state index in [1.165, 1.54) is 18.2 Å². The normalized spacial score (nSPS) is 11.7. The number of anilines is 1. The summed E-state index contributed by atoms with van der Waals surface area (Å²) in [6.07, 6.45) is 0. The second-order valence-electron chi connectivity index (χ2n) is 4.19. The van der Waals surface area contributed by atoms with Crippen molar-refractivity contribution in [2.75, 3.05) is 5.32 Å². The molecule has 1 atom stereocenters. The average Bonchev–Trinajstić information content (AvgIpc) is 2.47. The van der Waals surface area contributed by atoms with Crippen LogP contribution in [0, 0.1) is 10.1 Å². The van der Waals surface area contributed by atoms with Crippen LogP contribution in [0.25, 0.3) is 0 Å². The van der Waals surface area contributed by atoms with Crippen molar-refractivity contribution in [2.24, 2.45) is 5.73 Å². The smallest absolute Gasteiger partial charge is 0.271 e. The number of hydrogen-bond donors (Lipinski definition) is 2. The standard InChI is InChI=1S/C14H13N3O3/c15-13(10-5-2-1-3-6-10)14(18)16-11-7-4-8-12(9-11)17(19)20/h1-9,13H,15H2,(H,16,18)/t13-/m1/s1. The number of carbonyl (C=O) groups is 1. The lowest BCUT2D eigenvalue weighted by molar-refractivity contribution is -0.384. The number of rotatable bonds is 4. The van der Waals surface area contributed by atoms with Gasteiger partial charge < -0.3 is 11.1 Å². The number of benzene rings is 2. The molecule has 0 aromatic heterocycles. The van der Waals surface area contributed by atoms with Crippen LogP contribution in [0.4, 0.5) is 11.4 Å². The SMILES string of the molecule is N[C@@H](C(=O)Nc1cccc([N+](=O)[O-])c1)c1ccccc1. The Labute approximate surface area is 115 Å². The Kier molecular flexibility index (Phi) is 4.07. The minimum Gasteiger partial charge on any atom is -0.324 e. The lowest BCUT2D eigenvalue weighted by Gasteiger charge is -2.12. The molecule has 0 heterocycles. The Hall–Kier alpha value is -2.73. The molecule has 6 heteroatoms. The Balaban J connectivity index is 2.12. The Bertz CT molecular complexity index is 629. The number of nitrogens with zero attached hydrogens (tertiary/aromatic N) is 1. The van der Waals surface area contributed by atoms with Crippen molar-refractivity contribution in [3.63, 3.8) is 0 Å². The van der Waals surface area contributed by atoms with Crippen LogP contribution < -0.4 is 11.1 Å². The molecule has 0 saturated carbocycles. The van der Waals surface area contributed by atoms with E-state index in [1.54, 1.807) is 30.3 Å². The lowest BCUT2D eigenvalue weighted by Crippen LogP contribution is -2.27. The van der Waals surface area contributed by atoms with Crippen molar-refractivity contribution in [2.45, 2.75) is 6.04 Å². The highest BCUT2D eigenvalue weighted by Crippen LogP contribution is 2.18. The maximum absolute atomic E-state index is 12.0. The van der Waals surface area contributed by atoms with Gasteiger partial charge in [0.05, 0.1) is 4.92 Å². The maximum Gasteiger partial charge on any atom is 0.271 e. The van der Waals surface area contributed by atoms with E-state index >= 15 is 0 Å². The minimum absolute atomic E-state index is 0.0870. The van der Waals surface area contributed by atoms with Crippen molar-refractivity contribution in [1.29, 1.82) is 0 Å². The molecule has 0 aliphatic heterocycles. The molecule has 102 valence electrons. The molecule has 1 amide bonds. The molecule has 0 aliphatic rings. The fourth-order valence-corrected chi connectivity index (χ4v) is 1.73. The van der Waals surface area contributed by atoms with E-state index < -0.39 is 16.9 Å². The number of nitrogens with two attached hydrogens (primary N) is 1. The molecule has 20 heavy (non-hydrogen) atoms. The van der Waals surface area contributed by atoms with Crippen LogP contribution in [-0.4, -0.2) is 10.8 Å². The van der Waals surface area contributed by atoms with E-state index in [0.29, 0.717) is 11.3 Å². The third-order valence-electron chi connectivity index (χ3n) is 2.77. The number of nitro groups is 1. The van der Waals surface area contributed by atoms with Gasteiger partial charge in [0.25, 0.3) is 5.69 Å². The second kappa shape index (κ2) is 5.94. The van der Waals surface area contributed by atoms with Crippen molar-refractivity contribution >= 4 is 17.3 Å². The molecule has 0 saturated heterocycles. The van der Waals surface area contributed by atoms with Gasteiger partial charge in [0.15, 0.2) is 0 Å². The fraction of sp³-hybridized carbons (Fsp3) is 0.0714. The zero-order valence-corrected chi connectivity index (χ0v) is 10.5. The molecule has 0 unspecified atom stereocenters. The first-order valence-corrected chi connectivity index (χ1v) is 5.94. The molecule has 6 nitrogen and oxygen atoms in total. The zero-order valence-electron chi connectivity index (χ0n) is 10.5. The van der Waals surface area contributed by atoms with Crippen LogP contribution in [0.5, 0.6) is 0 Å². The summed E-state index contributed by atoms with van der Waals surface area (Å²) in [4.78, 5) is 22.1. The van der Waals surface area contributed by atoms with Crippen molar-refractivity contribution in [3.8, 4) is 0 Å². The minimum atomic E-state index is -0.824. The summed E-state index contributed by atoms with van der Waals surface area (Å²) in [5.74, 6) is -0.420. The molecule has 2 aromatic carbocycles. The van der Waals surface area contributed by atoms with Gasteiger partial charge in [-0.15, -0.1) is 0 Å². The molecule has 0 fully saturated rings. The number of nitrogens with one attached hydrogen (secondary N) is 1. The first-order chi connectivity index (χ1) is 9.58. The lowest BCUT2D eigenvalue weighted by atomic mass is 10.1. The van der Waals surface area contributed by atoms with E-state index in [1.807, 2.05) is 6.07 Å². The van der Waals surface area contributed by atoms with Gasteiger partial charge in [-0.25, -0.2) is 0 Å². The largest absolute Gasteiger partial charge is 0.324 e. The van der Waals surface area contributed by atoms with Crippen LogP contribution in [0.1, 0.15) is 11.6 Å². The number of non-ortho nitro benzene ring substituents is 1. The van der Waals surface area contributed by atoms with Gasteiger partial charge in [-0.2, -0.15) is 0 Å². The molecule has 0 bridgehead atoms. The van der Waals surface area contributed by atoms with Crippen molar-refractivity contribution in [1.82, 2.24) is 0 Å². The molecule has 0 spiro atoms. The van der Waals surface area contributed by atoms with Crippen LogP contribution in [-0.2, 0) is 4.79 Å². The summed E-state index contributed by atoms with van der Waals surface area (Å²) < 4.78 is 0. The number of amides is 1. The van der Waals surface area contributed by atoms with Gasteiger partial charge in [0.2, 0.25) is 5.91 Å². The van der Waals surface area contributed by atoms with E-state index in [4.69, 9.17) is 5.73 Å². The molecule has 2 aromatic rings. The third-order valence-corrected chi connectivity index (χ3v) is 2.77. The summed E-state index contributed by atoms with van der Waals surface area (Å²) in [6, 6.07) is 13.8. The van der Waals surface area contributed by atoms with Gasteiger partial charge in [-0.1, -0.05) is 36.4 Å². The Morgan fingerprint density at radius 2 is 1.85 bits per heavy atom. The highest BCUT2D eigenvalue weighted by molar-refractivity contribution is 5.95. The van der Waals surface area contributed by atoms with Gasteiger partial charge in [-0.3, -0.25) is 14.9 Å². The van der Waals surface area contributed by atoms with Gasteiger partial charge in [-0.05, 0) is 11.6 Å². The van der Waals surface area contributed by atoms with Crippen LogP contribution >= 0.6 is 0 Å². The molecular formula is C14H13N3O3. The number of hydrogen-bond acceptors (Lipinski definition) is 4. The fourth-order valence-electron chi connectivity index (χ4n) is 1.73. The van der Waals surface area contributed by atoms with Gasteiger partial charge >= 0.3 is 0 Å². The number of carbonyl (C=O) groups excluding carboxylic acids is 1. The topological polar surface area (TPSA) is 98.3 Å². The Morgan fingerprint density at radius 1 is 1.15 bits per heavy atom. The molecule has 3 N–H and O–H groups in total. The Morgan fingerprint density at radius 3 is 2.50 bits per heavy atom. The predicted octanol–water partition coefficient (Wildman–Crippen LogP) is 2.23. The van der Waals surface area contributed by atoms with Gasteiger partial charge in [0.1, 0.15) is 6.04 Å². The van der Waals surface area contributed by atoms with Crippen LogP contribution in [0.2, 0.25) is 0 Å². The first kappa shape index (κ1) is 13.7. The van der Waals surface area contributed by atoms with E-state index in [9.17, 15) is 14.9 Å². The highest BCUT2D eigenvalue weighted by Gasteiger charge is 2.16. The summed E-state index contributed by atoms with van der Waals surface area (Å²) in [5, 5.41) is 13.2.